The molecule has 0 fully saturated rings. The van der Waals surface area contributed by atoms with E-state index in [1.165, 1.54) is 23.8 Å². The highest BCUT2D eigenvalue weighted by Gasteiger charge is 2.04. The van der Waals surface area contributed by atoms with Crippen LogP contribution in [0.5, 0.6) is 0 Å². The number of nitrogens with two attached hydrogens (primary N) is 1. The Balaban J connectivity index is 0.000000424. The molecular weight excluding hydrogens is 178 g/mol. The topological polar surface area (TPSA) is 126 Å². The molecule has 7 heteroatoms. The van der Waals surface area contributed by atoms with Crippen LogP contribution in [-0.2, 0) is 0 Å². The Hall–Kier alpha value is -2.18. The molecule has 0 saturated carbocycles. The lowest BCUT2D eigenvalue weighted by Gasteiger charge is -1.95. The summed E-state index contributed by atoms with van der Waals surface area (Å²) in [6.07, 6.45) is 2.70. The largest absolute Gasteiger partial charge is 0.478 e. The summed E-state index contributed by atoms with van der Waals surface area (Å²) in [5.41, 5.74) is 5.56. The summed E-state index contributed by atoms with van der Waals surface area (Å²) >= 11 is 0. The fourth-order valence-corrected chi connectivity index (χ4v) is 0.601. The zero-order valence-electron chi connectivity index (χ0n) is 6.41. The van der Waals surface area contributed by atoms with Crippen LogP contribution < -0.4 is 5.73 Å². The summed E-state index contributed by atoms with van der Waals surface area (Å²) in [7, 11) is 0. The van der Waals surface area contributed by atoms with Crippen LogP contribution in [0.15, 0.2) is 23.8 Å². The fourth-order valence-electron chi connectivity index (χ4n) is 0.601. The third-order valence-corrected chi connectivity index (χ3v) is 1.08. The van der Waals surface area contributed by atoms with Gasteiger partial charge in [-0.15, -0.1) is 4.91 Å². The zero-order chi connectivity index (χ0) is 10.3. The average Bonchev–Trinajstić information content (AvgIpc) is 2.06. The van der Waals surface area contributed by atoms with E-state index in [0.717, 1.165) is 0 Å². The Morgan fingerprint density at radius 1 is 1.62 bits per heavy atom. The third-order valence-electron chi connectivity index (χ3n) is 1.08. The zero-order valence-corrected chi connectivity index (χ0v) is 6.41. The lowest BCUT2D eigenvalue weighted by atomic mass is 10.2. The highest BCUT2D eigenvalue weighted by Crippen LogP contribution is 2.06. The summed E-state index contributed by atoms with van der Waals surface area (Å²) < 4.78 is 0. The maximum absolute atomic E-state index is 10.3. The van der Waals surface area contributed by atoms with Gasteiger partial charge in [-0.3, -0.25) is 4.98 Å². The van der Waals surface area contributed by atoms with E-state index in [2.05, 4.69) is 4.98 Å². The van der Waals surface area contributed by atoms with Crippen LogP contribution in [-0.4, -0.2) is 21.3 Å². The van der Waals surface area contributed by atoms with Crippen LogP contribution in [0.2, 0.25) is 0 Å². The van der Waals surface area contributed by atoms with Crippen molar-refractivity contribution < 1.29 is 15.1 Å². The van der Waals surface area contributed by atoms with Crippen molar-refractivity contribution in [1.29, 1.82) is 0 Å². The molecule has 0 aliphatic heterocycles. The monoisotopic (exact) mass is 185 g/mol. The second-order valence-corrected chi connectivity index (χ2v) is 1.85. The predicted molar refractivity (Wildman–Crippen MR) is 43.2 cm³/mol. The Morgan fingerprint density at radius 3 is 2.46 bits per heavy atom. The van der Waals surface area contributed by atoms with Crippen molar-refractivity contribution in [3.05, 3.63) is 28.9 Å². The van der Waals surface area contributed by atoms with Gasteiger partial charge in [0.05, 0.1) is 17.4 Å². The number of anilines is 1. The molecule has 0 spiro atoms. The molecule has 1 heterocycles. The molecule has 70 valence electrons. The number of aromatic carboxylic acids is 1. The fraction of sp³-hybridized carbons (Fsp3) is 0. The minimum atomic E-state index is -1.03. The maximum atomic E-state index is 10.3. The number of carboxylic acids is 1. The van der Waals surface area contributed by atoms with Gasteiger partial charge < -0.3 is 16.0 Å². The van der Waals surface area contributed by atoms with Crippen LogP contribution >= 0.6 is 0 Å². The first-order chi connectivity index (χ1) is 6.13. The smallest absolute Gasteiger partial charge is 0.337 e. The van der Waals surface area contributed by atoms with Crippen LogP contribution in [0.3, 0.4) is 0 Å². The van der Waals surface area contributed by atoms with Gasteiger partial charge in [0.25, 0.3) is 0 Å². The molecule has 0 aromatic carbocycles. The molecule has 0 bridgehead atoms. The Kier molecular flexibility index (Phi) is 4.55. The number of carbonyl (C=O) groups is 1. The number of hydrogen-bond acceptors (Lipinski definition) is 5. The van der Waals surface area contributed by atoms with Gasteiger partial charge in [-0.2, -0.15) is 0 Å². The number of pyridine rings is 1. The summed E-state index contributed by atoms with van der Waals surface area (Å²) in [5.74, 6) is -1.03. The number of hydrogen-bond donors (Lipinski definition) is 3. The van der Waals surface area contributed by atoms with Gasteiger partial charge in [0, 0.05) is 6.20 Å². The SMILES string of the molecule is Nc1cnccc1C(=O)O.O=NO. The minimum absolute atomic E-state index is 0.0926. The molecule has 4 N–H and O–H groups in total. The molecule has 0 atom stereocenters. The van der Waals surface area contributed by atoms with E-state index in [9.17, 15) is 4.79 Å². The molecule has 0 radical (unpaired) electrons. The first kappa shape index (κ1) is 10.8. The van der Waals surface area contributed by atoms with Crippen LogP contribution in [0.4, 0.5) is 5.69 Å². The summed E-state index contributed by atoms with van der Waals surface area (Å²) in [5, 5.41) is 16.3. The van der Waals surface area contributed by atoms with E-state index in [-0.39, 0.29) is 11.3 Å². The predicted octanol–water partition coefficient (Wildman–Crippen LogP) is 0.504. The van der Waals surface area contributed by atoms with E-state index >= 15 is 0 Å². The molecule has 0 amide bonds. The standard InChI is InChI=1S/C6H6N2O2.HNO2/c7-5-3-8-2-1-4(5)6(9)10;2-1-3/h1-3H,7H2,(H,9,10);(H,2,3). The number of nitrogen functional groups attached to an aromatic ring is 1. The van der Waals surface area contributed by atoms with Crippen molar-refractivity contribution in [2.24, 2.45) is 5.34 Å². The van der Waals surface area contributed by atoms with Crippen molar-refractivity contribution in [2.75, 3.05) is 5.73 Å². The van der Waals surface area contributed by atoms with Crippen LogP contribution in [0, 0.1) is 4.91 Å². The molecule has 1 rings (SSSR count). The van der Waals surface area contributed by atoms with Crippen molar-refractivity contribution in [3.8, 4) is 0 Å². The van der Waals surface area contributed by atoms with E-state index < -0.39 is 5.97 Å². The van der Waals surface area contributed by atoms with Crippen LogP contribution in [0.25, 0.3) is 0 Å². The van der Waals surface area contributed by atoms with Gasteiger partial charge in [0.15, 0.2) is 5.34 Å². The van der Waals surface area contributed by atoms with E-state index in [4.69, 9.17) is 21.0 Å². The number of carboxylic acid groups (broad SMARTS) is 1. The second-order valence-electron chi connectivity index (χ2n) is 1.85. The molecule has 1 aromatic rings. The number of rotatable bonds is 1. The maximum Gasteiger partial charge on any atom is 0.337 e. The Bertz CT molecular complexity index is 302. The molecule has 13 heavy (non-hydrogen) atoms. The first-order valence-electron chi connectivity index (χ1n) is 3.03. The molecule has 0 aliphatic rings. The average molecular weight is 185 g/mol. The highest BCUT2D eigenvalue weighted by molar-refractivity contribution is 5.93. The Morgan fingerprint density at radius 2 is 2.15 bits per heavy atom. The van der Waals surface area contributed by atoms with E-state index in [1.807, 2.05) is 0 Å². The van der Waals surface area contributed by atoms with Crippen molar-refractivity contribution in [3.63, 3.8) is 0 Å². The van der Waals surface area contributed by atoms with Crippen molar-refractivity contribution in [2.45, 2.75) is 0 Å². The molecular formula is C6H7N3O4. The van der Waals surface area contributed by atoms with Gasteiger partial charge in [-0.25, -0.2) is 4.79 Å². The lowest BCUT2D eigenvalue weighted by Crippen LogP contribution is -2.01. The normalized spacial score (nSPS) is 8.00. The molecule has 0 unspecified atom stereocenters. The number of nitrogens with zero attached hydrogens (tertiary/aromatic N) is 2. The molecule has 7 nitrogen and oxygen atoms in total. The molecule has 0 saturated heterocycles. The van der Waals surface area contributed by atoms with E-state index in [0.29, 0.717) is 0 Å². The quantitative estimate of drug-likeness (QED) is 0.432. The lowest BCUT2D eigenvalue weighted by molar-refractivity contribution is 0.0698. The van der Waals surface area contributed by atoms with Gasteiger partial charge in [0.1, 0.15) is 0 Å². The third kappa shape index (κ3) is 3.65. The summed E-state index contributed by atoms with van der Waals surface area (Å²) in [4.78, 5) is 22.1. The summed E-state index contributed by atoms with van der Waals surface area (Å²) in [6, 6.07) is 1.36. The van der Waals surface area contributed by atoms with E-state index in [1.54, 1.807) is 0 Å². The van der Waals surface area contributed by atoms with Gasteiger partial charge in [-0.05, 0) is 6.07 Å². The second kappa shape index (κ2) is 5.47. The number of aromatic nitrogens is 1. The minimum Gasteiger partial charge on any atom is -0.478 e. The van der Waals surface area contributed by atoms with Gasteiger partial charge in [0.2, 0.25) is 0 Å². The van der Waals surface area contributed by atoms with Crippen molar-refractivity contribution in [1.82, 2.24) is 4.98 Å². The molecule has 1 aromatic heterocycles. The highest BCUT2D eigenvalue weighted by atomic mass is 16.6. The van der Waals surface area contributed by atoms with Crippen LogP contribution in [0.1, 0.15) is 10.4 Å². The van der Waals surface area contributed by atoms with Gasteiger partial charge >= 0.3 is 5.97 Å². The summed E-state index contributed by atoms with van der Waals surface area (Å²) in [6.45, 7) is 0. The van der Waals surface area contributed by atoms with Crippen molar-refractivity contribution >= 4 is 11.7 Å². The Labute approximate surface area is 72.8 Å². The molecule has 0 aliphatic carbocycles. The first-order valence-corrected chi connectivity index (χ1v) is 3.03. The van der Waals surface area contributed by atoms with Gasteiger partial charge in [-0.1, -0.05) is 0 Å².